The lowest BCUT2D eigenvalue weighted by Crippen LogP contribution is -2.54. The van der Waals surface area contributed by atoms with Crippen LogP contribution >= 0.6 is 0 Å². The Kier molecular flexibility index (Phi) is 5.30. The molecule has 8 nitrogen and oxygen atoms in total. The third kappa shape index (κ3) is 3.52. The molecule has 3 rings (SSSR count). The van der Waals surface area contributed by atoms with Crippen LogP contribution in [-0.4, -0.2) is 39.2 Å². The summed E-state index contributed by atoms with van der Waals surface area (Å²) in [6.07, 6.45) is 1.39. The molecular formula is C20H18N2O6. The number of hydrogen-bond acceptors (Lipinski definition) is 6. The second-order valence-electron chi connectivity index (χ2n) is 5.77. The summed E-state index contributed by atoms with van der Waals surface area (Å²) >= 11 is 0. The zero-order valence-electron chi connectivity index (χ0n) is 15.5. The fourth-order valence-corrected chi connectivity index (χ4v) is 2.75. The Morgan fingerprint density at radius 3 is 2.32 bits per heavy atom. The van der Waals surface area contributed by atoms with E-state index in [1.807, 2.05) is 0 Å². The molecule has 28 heavy (non-hydrogen) atoms. The fraction of sp³-hybridized carbons (Fsp3) is 0.150. The quantitative estimate of drug-likeness (QED) is 0.630. The van der Waals surface area contributed by atoms with Crippen LogP contribution in [0.15, 0.2) is 48.0 Å². The number of imide groups is 2. The average molecular weight is 382 g/mol. The molecule has 1 N–H and O–H groups in total. The fourth-order valence-electron chi connectivity index (χ4n) is 2.75. The summed E-state index contributed by atoms with van der Waals surface area (Å²) in [5, 5.41) is 2.18. The van der Waals surface area contributed by atoms with Crippen LogP contribution in [0.2, 0.25) is 0 Å². The first kappa shape index (κ1) is 19.0. The summed E-state index contributed by atoms with van der Waals surface area (Å²) in [5.74, 6) is -0.0837. The Balaban J connectivity index is 2.01. The van der Waals surface area contributed by atoms with Gasteiger partial charge in [-0.25, -0.2) is 9.69 Å². The first-order valence-electron chi connectivity index (χ1n) is 8.26. The van der Waals surface area contributed by atoms with Crippen LogP contribution in [0.25, 0.3) is 6.08 Å². The van der Waals surface area contributed by atoms with Gasteiger partial charge in [0.2, 0.25) is 0 Å². The van der Waals surface area contributed by atoms with Crippen molar-refractivity contribution in [2.75, 3.05) is 26.2 Å². The van der Waals surface area contributed by atoms with Gasteiger partial charge in [-0.05, 0) is 35.9 Å². The zero-order chi connectivity index (χ0) is 20.3. The molecule has 0 aliphatic carbocycles. The number of rotatable bonds is 5. The molecule has 144 valence electrons. The lowest BCUT2D eigenvalue weighted by atomic mass is 10.1. The van der Waals surface area contributed by atoms with Gasteiger partial charge in [0.25, 0.3) is 11.8 Å². The summed E-state index contributed by atoms with van der Waals surface area (Å²) in [4.78, 5) is 38.3. The predicted octanol–water partition coefficient (Wildman–Crippen LogP) is 2.38. The van der Waals surface area contributed by atoms with E-state index in [4.69, 9.17) is 14.2 Å². The maximum Gasteiger partial charge on any atom is 0.335 e. The topological polar surface area (TPSA) is 94.2 Å². The molecule has 4 amide bonds. The minimum atomic E-state index is -0.826. The first-order chi connectivity index (χ1) is 13.5. The molecule has 1 aliphatic rings. The molecule has 0 saturated carbocycles. The highest BCUT2D eigenvalue weighted by molar-refractivity contribution is 6.39. The van der Waals surface area contributed by atoms with Crippen molar-refractivity contribution in [1.82, 2.24) is 5.32 Å². The number of anilines is 1. The van der Waals surface area contributed by atoms with E-state index < -0.39 is 17.8 Å². The summed E-state index contributed by atoms with van der Waals surface area (Å²) in [6.45, 7) is 0. The van der Waals surface area contributed by atoms with Crippen LogP contribution in [0.5, 0.6) is 17.2 Å². The predicted molar refractivity (Wildman–Crippen MR) is 102 cm³/mol. The first-order valence-corrected chi connectivity index (χ1v) is 8.26. The van der Waals surface area contributed by atoms with Crippen molar-refractivity contribution < 1.29 is 28.6 Å². The van der Waals surface area contributed by atoms with Crippen molar-refractivity contribution in [2.45, 2.75) is 0 Å². The number of ether oxygens (including phenoxy) is 3. The van der Waals surface area contributed by atoms with E-state index in [-0.39, 0.29) is 11.3 Å². The van der Waals surface area contributed by atoms with E-state index in [0.29, 0.717) is 22.8 Å². The molecule has 1 heterocycles. The van der Waals surface area contributed by atoms with Gasteiger partial charge >= 0.3 is 6.03 Å². The van der Waals surface area contributed by atoms with Gasteiger partial charge in [-0.3, -0.25) is 14.9 Å². The van der Waals surface area contributed by atoms with Crippen LogP contribution in [0.3, 0.4) is 0 Å². The van der Waals surface area contributed by atoms with Gasteiger partial charge in [0.15, 0.2) is 11.5 Å². The Bertz CT molecular complexity index is 982. The SMILES string of the molecule is COc1cccc(N2C(=O)NC(=O)/C(=C\c3ccc(OC)c(OC)c3)C2=O)c1. The van der Waals surface area contributed by atoms with E-state index in [0.717, 1.165) is 4.90 Å². The number of carbonyl (C=O) groups is 3. The minimum absolute atomic E-state index is 0.186. The third-order valence-corrected chi connectivity index (χ3v) is 4.13. The Morgan fingerprint density at radius 2 is 1.64 bits per heavy atom. The van der Waals surface area contributed by atoms with Crippen molar-refractivity contribution >= 4 is 29.6 Å². The second-order valence-corrected chi connectivity index (χ2v) is 5.77. The van der Waals surface area contributed by atoms with Gasteiger partial charge in [-0.2, -0.15) is 0 Å². The lowest BCUT2D eigenvalue weighted by molar-refractivity contribution is -0.122. The Morgan fingerprint density at radius 1 is 0.893 bits per heavy atom. The molecule has 0 bridgehead atoms. The van der Waals surface area contributed by atoms with Crippen molar-refractivity contribution in [1.29, 1.82) is 0 Å². The molecule has 2 aromatic carbocycles. The van der Waals surface area contributed by atoms with Crippen LogP contribution in [0.1, 0.15) is 5.56 Å². The number of hydrogen-bond donors (Lipinski definition) is 1. The van der Waals surface area contributed by atoms with Crippen LogP contribution in [-0.2, 0) is 9.59 Å². The van der Waals surface area contributed by atoms with Gasteiger partial charge in [0.1, 0.15) is 11.3 Å². The lowest BCUT2D eigenvalue weighted by Gasteiger charge is -2.26. The Hall–Kier alpha value is -3.81. The number of carbonyl (C=O) groups excluding carboxylic acids is 3. The number of barbiturate groups is 1. The standard InChI is InChI=1S/C20H18N2O6/c1-26-14-6-4-5-13(11-14)22-19(24)15(18(23)21-20(22)25)9-12-7-8-16(27-2)17(10-12)28-3/h4-11H,1-3H3,(H,21,23,25)/b15-9+. The summed E-state index contributed by atoms with van der Waals surface area (Å²) in [6, 6.07) is 10.5. The molecule has 1 saturated heterocycles. The highest BCUT2D eigenvalue weighted by Crippen LogP contribution is 2.30. The summed E-state index contributed by atoms with van der Waals surface area (Å²) in [5.41, 5.74) is 0.637. The monoisotopic (exact) mass is 382 g/mol. The molecule has 1 aliphatic heterocycles. The summed E-state index contributed by atoms with van der Waals surface area (Å²) in [7, 11) is 4.46. The van der Waals surface area contributed by atoms with Gasteiger partial charge in [-0.15, -0.1) is 0 Å². The van der Waals surface area contributed by atoms with Gasteiger partial charge < -0.3 is 14.2 Å². The van der Waals surface area contributed by atoms with Crippen molar-refractivity contribution in [3.05, 3.63) is 53.6 Å². The average Bonchev–Trinajstić information content (AvgIpc) is 2.71. The van der Waals surface area contributed by atoms with Crippen LogP contribution in [0, 0.1) is 0 Å². The van der Waals surface area contributed by atoms with Crippen LogP contribution in [0.4, 0.5) is 10.5 Å². The minimum Gasteiger partial charge on any atom is -0.497 e. The molecule has 0 aromatic heterocycles. The van der Waals surface area contributed by atoms with E-state index in [1.54, 1.807) is 36.4 Å². The zero-order valence-corrected chi connectivity index (χ0v) is 15.5. The summed E-state index contributed by atoms with van der Waals surface area (Å²) < 4.78 is 15.5. The number of methoxy groups -OCH3 is 3. The number of urea groups is 1. The maximum absolute atomic E-state index is 12.9. The van der Waals surface area contributed by atoms with Crippen molar-refractivity contribution in [3.63, 3.8) is 0 Å². The normalized spacial score (nSPS) is 15.5. The molecule has 0 spiro atoms. The van der Waals surface area contributed by atoms with E-state index in [2.05, 4.69) is 5.32 Å². The Labute approximate surface area is 161 Å². The van der Waals surface area contributed by atoms with Crippen molar-refractivity contribution in [3.8, 4) is 17.2 Å². The number of benzene rings is 2. The molecule has 1 fully saturated rings. The van der Waals surface area contributed by atoms with Crippen LogP contribution < -0.4 is 24.4 Å². The van der Waals surface area contributed by atoms with Crippen molar-refractivity contribution in [2.24, 2.45) is 0 Å². The van der Waals surface area contributed by atoms with Gasteiger partial charge in [0, 0.05) is 6.07 Å². The number of amides is 4. The highest BCUT2D eigenvalue weighted by atomic mass is 16.5. The van der Waals surface area contributed by atoms with E-state index >= 15 is 0 Å². The molecular weight excluding hydrogens is 364 g/mol. The number of nitrogens with zero attached hydrogens (tertiary/aromatic N) is 1. The number of nitrogens with one attached hydrogen (secondary N) is 1. The molecule has 0 radical (unpaired) electrons. The van der Waals surface area contributed by atoms with E-state index in [9.17, 15) is 14.4 Å². The largest absolute Gasteiger partial charge is 0.497 e. The third-order valence-electron chi connectivity index (χ3n) is 4.13. The van der Waals surface area contributed by atoms with Gasteiger partial charge in [-0.1, -0.05) is 12.1 Å². The molecule has 2 aromatic rings. The molecule has 8 heteroatoms. The molecule has 0 unspecified atom stereocenters. The maximum atomic E-state index is 12.9. The highest BCUT2D eigenvalue weighted by Gasteiger charge is 2.37. The smallest absolute Gasteiger partial charge is 0.335 e. The van der Waals surface area contributed by atoms with E-state index in [1.165, 1.54) is 33.5 Å². The van der Waals surface area contributed by atoms with Gasteiger partial charge in [0.05, 0.1) is 27.0 Å². The molecule has 0 atom stereocenters. The second kappa shape index (κ2) is 7.83.